The van der Waals surface area contributed by atoms with Gasteiger partial charge in [0.1, 0.15) is 0 Å². The first-order valence-corrected chi connectivity index (χ1v) is 37.2. The Hall–Kier alpha value is -1.04. The highest BCUT2D eigenvalue weighted by Gasteiger charge is 2.21. The molecular weight excluding hydrogens is 961 g/mol. The van der Waals surface area contributed by atoms with E-state index in [4.69, 9.17) is 0 Å². The maximum atomic E-state index is 4.48. The largest absolute Gasteiger partial charge is 0.106 e. The molecule has 0 saturated heterocycles. The van der Waals surface area contributed by atoms with Gasteiger partial charge in [-0.2, -0.15) is 0 Å². The van der Waals surface area contributed by atoms with E-state index in [1.165, 1.54) is 319 Å². The molecule has 80 heavy (non-hydrogen) atoms. The molecule has 0 aromatic carbocycles. The average Bonchev–Trinajstić information content (AvgIpc) is 3.45. The van der Waals surface area contributed by atoms with Crippen LogP contribution in [0.15, 0.2) is 48.6 Å². The molecule has 0 amide bonds. The molecule has 0 nitrogen and oxygen atoms in total. The van der Waals surface area contributed by atoms with Gasteiger partial charge < -0.3 is 0 Å². The predicted octanol–water partition coefficient (Wildman–Crippen LogP) is 28.6. The summed E-state index contributed by atoms with van der Waals surface area (Å²) >= 11 is 0. The first-order valence-electron chi connectivity index (χ1n) is 37.2. The summed E-state index contributed by atoms with van der Waals surface area (Å²) in [4.78, 5) is 0. The Labute approximate surface area is 508 Å². The second-order valence-corrected chi connectivity index (χ2v) is 29.6. The summed E-state index contributed by atoms with van der Waals surface area (Å²) in [6, 6.07) is 0. The molecule has 0 aromatic rings. The van der Waals surface area contributed by atoms with Crippen molar-refractivity contribution in [2.75, 3.05) is 0 Å². The second kappa shape index (κ2) is 51.2. The van der Waals surface area contributed by atoms with Gasteiger partial charge in [-0.25, -0.2) is 0 Å². The quantitative estimate of drug-likeness (QED) is 0.212. The van der Waals surface area contributed by atoms with E-state index in [1.807, 2.05) is 11.1 Å². The molecule has 3 rings (SSSR count). The van der Waals surface area contributed by atoms with Crippen molar-refractivity contribution in [2.24, 2.45) is 71.0 Å². The van der Waals surface area contributed by atoms with Gasteiger partial charge in [-0.1, -0.05) is 350 Å². The van der Waals surface area contributed by atoms with Crippen LogP contribution in [0.5, 0.6) is 0 Å². The molecule has 0 aliphatic heterocycles. The molecule has 0 aromatic heterocycles. The van der Waals surface area contributed by atoms with Gasteiger partial charge in [0.15, 0.2) is 0 Å². The van der Waals surface area contributed by atoms with Gasteiger partial charge in [-0.05, 0) is 148 Å². The van der Waals surface area contributed by atoms with Crippen LogP contribution in [0.4, 0.5) is 0 Å². The molecule has 12 atom stereocenters. The zero-order valence-electron chi connectivity index (χ0n) is 57.7. The zero-order chi connectivity index (χ0) is 59.2. The maximum absolute atomic E-state index is 4.48. The van der Waals surface area contributed by atoms with E-state index >= 15 is 0 Å². The number of allylic oxidation sites excluding steroid dienone is 4. The predicted molar refractivity (Wildman–Crippen MR) is 368 cm³/mol. The minimum atomic E-state index is 0.718. The number of hydrogen-bond donors (Lipinski definition) is 0. The Bertz CT molecular complexity index is 1340. The summed E-state index contributed by atoms with van der Waals surface area (Å²) in [5.74, 6) is 10.3. The highest BCUT2D eigenvalue weighted by molar-refractivity contribution is 5.19. The lowest BCUT2D eigenvalue weighted by atomic mass is 9.80. The van der Waals surface area contributed by atoms with Crippen LogP contribution in [-0.4, -0.2) is 0 Å². The van der Waals surface area contributed by atoms with E-state index in [0.717, 1.165) is 71.0 Å². The molecule has 0 N–H and O–H groups in total. The van der Waals surface area contributed by atoms with Crippen molar-refractivity contribution in [3.63, 3.8) is 0 Å². The van der Waals surface area contributed by atoms with Crippen LogP contribution >= 0.6 is 0 Å². The van der Waals surface area contributed by atoms with E-state index < -0.39 is 0 Å². The SMILES string of the molecule is C=C.C=C1CCCCCCC(C)C(C)CCCCCCC(C)C(=C)CCCCCCC(C)C(C)CCCCCCC1C.CC1CCCCCCC(C)C(C)CCCCCCC2=C1CCCCCCC(C)C(C)CCCCCCC2C. The van der Waals surface area contributed by atoms with Crippen LogP contribution < -0.4 is 0 Å². The van der Waals surface area contributed by atoms with Crippen LogP contribution in [0.1, 0.15) is 391 Å². The molecular formula is C80H152. The third-order valence-corrected chi connectivity index (χ3v) is 22.6. The summed E-state index contributed by atoms with van der Waals surface area (Å²) < 4.78 is 0. The van der Waals surface area contributed by atoms with Gasteiger partial charge in [0.05, 0.1) is 0 Å². The van der Waals surface area contributed by atoms with E-state index in [2.05, 4.69) is 109 Å². The van der Waals surface area contributed by atoms with E-state index in [9.17, 15) is 0 Å². The van der Waals surface area contributed by atoms with E-state index in [1.54, 1.807) is 0 Å². The molecule has 12 unspecified atom stereocenters. The second-order valence-electron chi connectivity index (χ2n) is 29.6. The molecule has 472 valence electrons. The molecule has 0 heteroatoms. The van der Waals surface area contributed by atoms with Gasteiger partial charge in [0.25, 0.3) is 0 Å². The molecule has 3 aliphatic rings. The summed E-state index contributed by atoms with van der Waals surface area (Å²) in [5, 5.41) is 0. The Kier molecular flexibility index (Phi) is 49.3. The Balaban J connectivity index is 0.000000777. The number of hydrogen-bond acceptors (Lipinski definition) is 0. The minimum absolute atomic E-state index is 0.718. The lowest BCUT2D eigenvalue weighted by Gasteiger charge is -2.26. The average molecular weight is 1110 g/mol. The summed E-state index contributed by atoms with van der Waals surface area (Å²) in [7, 11) is 0. The van der Waals surface area contributed by atoms with Crippen LogP contribution in [0.3, 0.4) is 0 Å². The molecule has 0 bridgehead atoms. The Morgan fingerprint density at radius 1 is 0.188 bits per heavy atom. The van der Waals surface area contributed by atoms with Crippen LogP contribution in [0.25, 0.3) is 0 Å². The molecule has 0 heterocycles. The zero-order valence-corrected chi connectivity index (χ0v) is 57.7. The van der Waals surface area contributed by atoms with Crippen LogP contribution in [0.2, 0.25) is 0 Å². The standard InChI is InChI=1S/C40H76.C38H72.C2H4/c1-33-25-17-9-10-19-27-35(3)37(5)29-21-13-14-23-31-39(7)40(8)32-24-16-15-22-30-38(6)36(4)28-20-12-11-18-26-34(33)2;1-31-23-15-7-9-19-27-35(5)38-30-22-14-12-18-26-34(4)32(2)24-16-8-10-20-28-36(6)37(38)29-21-13-11-17-25-33(31)3;1-2/h34-39H,1,8-32H2,2-7H3;31-36H,7-30H2,1-6H3;1-2H2. The van der Waals surface area contributed by atoms with Crippen LogP contribution in [0, 0.1) is 71.0 Å². The fraction of sp³-hybridized carbons (Fsp3) is 0.900. The monoisotopic (exact) mass is 1110 g/mol. The summed E-state index contributed by atoms with van der Waals surface area (Å²) in [6.45, 7) is 45.2. The Morgan fingerprint density at radius 2 is 0.338 bits per heavy atom. The van der Waals surface area contributed by atoms with Gasteiger partial charge in [0.2, 0.25) is 0 Å². The lowest BCUT2D eigenvalue weighted by molar-refractivity contribution is 0.321. The van der Waals surface area contributed by atoms with Crippen molar-refractivity contribution in [3.8, 4) is 0 Å². The normalized spacial score (nSPS) is 33.0. The highest BCUT2D eigenvalue weighted by Crippen LogP contribution is 2.37. The lowest BCUT2D eigenvalue weighted by Crippen LogP contribution is -2.11. The molecule has 0 spiro atoms. The van der Waals surface area contributed by atoms with Gasteiger partial charge in [-0.3, -0.25) is 0 Å². The Morgan fingerprint density at radius 3 is 0.537 bits per heavy atom. The molecule has 1 fully saturated rings. The van der Waals surface area contributed by atoms with E-state index in [0.29, 0.717) is 0 Å². The van der Waals surface area contributed by atoms with Crippen LogP contribution in [-0.2, 0) is 0 Å². The van der Waals surface area contributed by atoms with Gasteiger partial charge in [0, 0.05) is 0 Å². The summed E-state index contributed by atoms with van der Waals surface area (Å²) in [6.07, 6.45) is 68.3. The van der Waals surface area contributed by atoms with Crippen molar-refractivity contribution < 1.29 is 0 Å². The first-order chi connectivity index (χ1) is 38.6. The van der Waals surface area contributed by atoms with Gasteiger partial charge >= 0.3 is 0 Å². The molecule has 0 radical (unpaired) electrons. The fourth-order valence-electron chi connectivity index (χ4n) is 14.7. The first kappa shape index (κ1) is 77.0. The number of rotatable bonds is 0. The third-order valence-electron chi connectivity index (χ3n) is 22.6. The van der Waals surface area contributed by atoms with Gasteiger partial charge in [-0.15, -0.1) is 13.2 Å². The van der Waals surface area contributed by atoms with Crippen molar-refractivity contribution in [2.45, 2.75) is 391 Å². The highest BCUT2D eigenvalue weighted by atomic mass is 14.3. The topological polar surface area (TPSA) is 0 Å². The van der Waals surface area contributed by atoms with Crippen molar-refractivity contribution in [1.82, 2.24) is 0 Å². The van der Waals surface area contributed by atoms with Crippen molar-refractivity contribution in [3.05, 3.63) is 48.6 Å². The van der Waals surface area contributed by atoms with Crippen molar-refractivity contribution >= 4 is 0 Å². The van der Waals surface area contributed by atoms with E-state index in [-0.39, 0.29) is 0 Å². The molecule has 1 saturated carbocycles. The fourth-order valence-corrected chi connectivity index (χ4v) is 14.7. The minimum Gasteiger partial charge on any atom is -0.106 e. The maximum Gasteiger partial charge on any atom is -0.0229 e. The summed E-state index contributed by atoms with van der Waals surface area (Å²) in [5.41, 5.74) is 6.93. The van der Waals surface area contributed by atoms with Crippen molar-refractivity contribution in [1.29, 1.82) is 0 Å². The smallest absolute Gasteiger partial charge is 0.0229 e. The third kappa shape index (κ3) is 38.8. The molecule has 3 aliphatic carbocycles.